The number of aromatic nitrogens is 2. The molecule has 2 aromatic rings. The van der Waals surface area contributed by atoms with Gasteiger partial charge >= 0.3 is 0 Å². The molecule has 0 radical (unpaired) electrons. The average molecular weight is 341 g/mol. The number of morpholine rings is 1. The molecule has 1 aliphatic heterocycles. The summed E-state index contributed by atoms with van der Waals surface area (Å²) in [6.07, 6.45) is 3.06. The van der Waals surface area contributed by atoms with E-state index in [2.05, 4.69) is 25.5 Å². The van der Waals surface area contributed by atoms with Crippen LogP contribution in [0, 0.1) is 6.92 Å². The SMILES string of the molecule is Cc1ccccc1Nc1cnc(C(=O)NCCN2CCOCC2)cn1. The zero-order valence-electron chi connectivity index (χ0n) is 14.4. The third-order valence-corrected chi connectivity index (χ3v) is 4.11. The molecular weight excluding hydrogens is 318 g/mol. The first-order valence-corrected chi connectivity index (χ1v) is 8.45. The fourth-order valence-corrected chi connectivity index (χ4v) is 2.60. The van der Waals surface area contributed by atoms with Gasteiger partial charge in [-0.15, -0.1) is 0 Å². The van der Waals surface area contributed by atoms with Crippen LogP contribution in [0.4, 0.5) is 11.5 Å². The second-order valence-electron chi connectivity index (χ2n) is 5.94. The molecule has 1 saturated heterocycles. The van der Waals surface area contributed by atoms with Gasteiger partial charge in [-0.2, -0.15) is 0 Å². The molecule has 0 aliphatic carbocycles. The fourth-order valence-electron chi connectivity index (χ4n) is 2.60. The molecule has 0 saturated carbocycles. The van der Waals surface area contributed by atoms with Gasteiger partial charge in [-0.05, 0) is 18.6 Å². The average Bonchev–Trinajstić information content (AvgIpc) is 2.65. The molecular formula is C18H23N5O2. The van der Waals surface area contributed by atoms with Crippen molar-refractivity contribution in [1.82, 2.24) is 20.2 Å². The summed E-state index contributed by atoms with van der Waals surface area (Å²) in [6, 6.07) is 7.94. The number of carbonyl (C=O) groups excluding carboxylic acids is 1. The predicted octanol–water partition coefficient (Wildman–Crippen LogP) is 1.59. The zero-order chi connectivity index (χ0) is 17.5. The highest BCUT2D eigenvalue weighted by Crippen LogP contribution is 2.17. The Hall–Kier alpha value is -2.51. The Morgan fingerprint density at radius 1 is 1.20 bits per heavy atom. The largest absolute Gasteiger partial charge is 0.379 e. The molecule has 1 aliphatic rings. The van der Waals surface area contributed by atoms with E-state index in [1.54, 1.807) is 6.20 Å². The van der Waals surface area contributed by atoms with E-state index in [0.29, 0.717) is 18.1 Å². The molecule has 2 N–H and O–H groups in total. The van der Waals surface area contributed by atoms with Gasteiger partial charge in [0.2, 0.25) is 0 Å². The molecule has 25 heavy (non-hydrogen) atoms. The number of carbonyl (C=O) groups is 1. The minimum atomic E-state index is -0.205. The minimum Gasteiger partial charge on any atom is -0.379 e. The Morgan fingerprint density at radius 2 is 2.00 bits per heavy atom. The van der Waals surface area contributed by atoms with Crippen LogP contribution < -0.4 is 10.6 Å². The zero-order valence-corrected chi connectivity index (χ0v) is 14.4. The monoisotopic (exact) mass is 341 g/mol. The van der Waals surface area contributed by atoms with E-state index in [9.17, 15) is 4.79 Å². The van der Waals surface area contributed by atoms with Crippen LogP contribution in [0.5, 0.6) is 0 Å². The van der Waals surface area contributed by atoms with E-state index < -0.39 is 0 Å². The Bertz CT molecular complexity index is 699. The molecule has 0 spiro atoms. The first-order valence-electron chi connectivity index (χ1n) is 8.45. The Balaban J connectivity index is 1.49. The van der Waals surface area contributed by atoms with Crippen molar-refractivity contribution in [1.29, 1.82) is 0 Å². The van der Waals surface area contributed by atoms with Crippen LogP contribution in [-0.4, -0.2) is 60.2 Å². The number of hydrogen-bond donors (Lipinski definition) is 2. The van der Waals surface area contributed by atoms with Crippen LogP contribution in [0.25, 0.3) is 0 Å². The Morgan fingerprint density at radius 3 is 2.72 bits per heavy atom. The van der Waals surface area contributed by atoms with Gasteiger partial charge in [0.05, 0.1) is 25.6 Å². The molecule has 132 valence electrons. The molecule has 1 aromatic heterocycles. The molecule has 1 aromatic carbocycles. The van der Waals surface area contributed by atoms with Crippen molar-refractivity contribution >= 4 is 17.4 Å². The standard InChI is InChI=1S/C18H23N5O2/c1-14-4-2-3-5-15(14)22-17-13-20-16(12-21-17)18(24)19-6-7-23-8-10-25-11-9-23/h2-5,12-13H,6-11H2,1H3,(H,19,24)(H,21,22). The van der Waals surface area contributed by atoms with Crippen LogP contribution in [0.2, 0.25) is 0 Å². The van der Waals surface area contributed by atoms with Gasteiger partial charge in [0.25, 0.3) is 5.91 Å². The second kappa shape index (κ2) is 8.55. The third-order valence-electron chi connectivity index (χ3n) is 4.11. The van der Waals surface area contributed by atoms with Gasteiger partial charge in [-0.3, -0.25) is 9.69 Å². The molecule has 2 heterocycles. The molecule has 0 bridgehead atoms. The van der Waals surface area contributed by atoms with Gasteiger partial charge < -0.3 is 15.4 Å². The predicted molar refractivity (Wildman–Crippen MR) is 96.1 cm³/mol. The maximum absolute atomic E-state index is 12.1. The molecule has 3 rings (SSSR count). The van der Waals surface area contributed by atoms with Gasteiger partial charge in [0.1, 0.15) is 11.5 Å². The Kier molecular flexibility index (Phi) is 5.92. The summed E-state index contributed by atoms with van der Waals surface area (Å²) >= 11 is 0. The Labute approximate surface area is 147 Å². The highest BCUT2D eigenvalue weighted by atomic mass is 16.5. The summed E-state index contributed by atoms with van der Waals surface area (Å²) in [4.78, 5) is 22.9. The third kappa shape index (κ3) is 4.98. The van der Waals surface area contributed by atoms with Crippen LogP contribution in [0.15, 0.2) is 36.7 Å². The summed E-state index contributed by atoms with van der Waals surface area (Å²) in [5, 5.41) is 6.08. The maximum Gasteiger partial charge on any atom is 0.271 e. The summed E-state index contributed by atoms with van der Waals surface area (Å²) in [5.74, 6) is 0.405. The first-order chi connectivity index (χ1) is 12.2. The lowest BCUT2D eigenvalue weighted by molar-refractivity contribution is 0.0383. The van der Waals surface area contributed by atoms with E-state index in [1.807, 2.05) is 31.2 Å². The normalized spacial score (nSPS) is 14.9. The molecule has 0 atom stereocenters. The van der Waals surface area contributed by atoms with E-state index in [0.717, 1.165) is 44.1 Å². The fraction of sp³-hybridized carbons (Fsp3) is 0.389. The molecule has 7 heteroatoms. The number of ether oxygens (including phenoxy) is 1. The summed E-state index contributed by atoms with van der Waals surface area (Å²) in [5.41, 5.74) is 2.41. The highest BCUT2D eigenvalue weighted by molar-refractivity contribution is 5.92. The van der Waals surface area contributed by atoms with Crippen LogP contribution in [0.3, 0.4) is 0 Å². The van der Waals surface area contributed by atoms with Gasteiger partial charge in [-0.1, -0.05) is 18.2 Å². The summed E-state index contributed by atoms with van der Waals surface area (Å²) < 4.78 is 5.30. The number of aryl methyl sites for hydroxylation is 1. The smallest absolute Gasteiger partial charge is 0.271 e. The quantitative estimate of drug-likeness (QED) is 0.831. The number of para-hydroxylation sites is 1. The van der Waals surface area contributed by atoms with Crippen molar-refractivity contribution in [3.05, 3.63) is 47.9 Å². The van der Waals surface area contributed by atoms with Crippen molar-refractivity contribution < 1.29 is 9.53 Å². The lowest BCUT2D eigenvalue weighted by Crippen LogP contribution is -2.41. The van der Waals surface area contributed by atoms with Crippen molar-refractivity contribution in [2.75, 3.05) is 44.7 Å². The number of hydrogen-bond acceptors (Lipinski definition) is 6. The van der Waals surface area contributed by atoms with Crippen molar-refractivity contribution in [2.45, 2.75) is 6.92 Å². The first kappa shape index (κ1) is 17.3. The number of anilines is 2. The number of nitrogens with one attached hydrogen (secondary N) is 2. The van der Waals surface area contributed by atoms with Crippen molar-refractivity contribution in [3.8, 4) is 0 Å². The van der Waals surface area contributed by atoms with Crippen LogP contribution in [-0.2, 0) is 4.74 Å². The second-order valence-corrected chi connectivity index (χ2v) is 5.94. The van der Waals surface area contributed by atoms with E-state index in [4.69, 9.17) is 4.74 Å². The van der Waals surface area contributed by atoms with Crippen molar-refractivity contribution in [2.24, 2.45) is 0 Å². The summed E-state index contributed by atoms with van der Waals surface area (Å²) in [7, 11) is 0. The van der Waals surface area contributed by atoms with E-state index in [1.165, 1.54) is 6.20 Å². The van der Waals surface area contributed by atoms with Crippen molar-refractivity contribution in [3.63, 3.8) is 0 Å². The number of rotatable bonds is 6. The minimum absolute atomic E-state index is 0.205. The molecule has 1 fully saturated rings. The highest BCUT2D eigenvalue weighted by Gasteiger charge is 2.12. The maximum atomic E-state index is 12.1. The van der Waals surface area contributed by atoms with Crippen LogP contribution >= 0.6 is 0 Å². The van der Waals surface area contributed by atoms with E-state index >= 15 is 0 Å². The number of amides is 1. The topological polar surface area (TPSA) is 79.4 Å². The van der Waals surface area contributed by atoms with Crippen LogP contribution in [0.1, 0.15) is 16.1 Å². The van der Waals surface area contributed by atoms with Gasteiger partial charge in [0.15, 0.2) is 0 Å². The number of benzene rings is 1. The number of nitrogens with zero attached hydrogens (tertiary/aromatic N) is 3. The van der Waals surface area contributed by atoms with E-state index in [-0.39, 0.29) is 5.91 Å². The molecule has 1 amide bonds. The summed E-state index contributed by atoms with van der Waals surface area (Å²) in [6.45, 7) is 6.76. The molecule has 0 unspecified atom stereocenters. The lowest BCUT2D eigenvalue weighted by atomic mass is 10.2. The van der Waals surface area contributed by atoms with Gasteiger partial charge in [-0.25, -0.2) is 9.97 Å². The lowest BCUT2D eigenvalue weighted by Gasteiger charge is -2.26. The molecule has 7 nitrogen and oxygen atoms in total. The van der Waals surface area contributed by atoms with Gasteiger partial charge in [0, 0.05) is 31.9 Å².